The topological polar surface area (TPSA) is 17.0 Å². The molecule has 2 heterocycles. The van der Waals surface area contributed by atoms with Gasteiger partial charge in [0.1, 0.15) is 16.8 Å². The first kappa shape index (κ1) is 15.6. The molecule has 0 fully saturated rings. The van der Waals surface area contributed by atoms with Crippen LogP contribution in [0.25, 0.3) is 27.3 Å². The third kappa shape index (κ3) is 2.61. The van der Waals surface area contributed by atoms with Gasteiger partial charge >= 0.3 is 0 Å². The second-order valence-corrected chi connectivity index (χ2v) is 8.72. The number of hydrogen-bond donors (Lipinski definition) is 0. The van der Waals surface area contributed by atoms with Gasteiger partial charge < -0.3 is 4.42 Å². The summed E-state index contributed by atoms with van der Waals surface area (Å²) in [5.41, 5.74) is 5.56. The fourth-order valence-electron chi connectivity index (χ4n) is 4.11. The fraction of sp³-hybridized carbons (Fsp3) is 0.381. The highest BCUT2D eigenvalue weighted by molar-refractivity contribution is 7.19. The lowest BCUT2D eigenvalue weighted by Crippen LogP contribution is -2.33. The highest BCUT2D eigenvalue weighted by Gasteiger charge is 2.26. The minimum atomic E-state index is 0.357. The molecule has 0 spiro atoms. The number of benzene rings is 1. The largest absolute Gasteiger partial charge is 0.464 e. The van der Waals surface area contributed by atoms with Crippen molar-refractivity contribution < 1.29 is 8.98 Å². The maximum Gasteiger partial charge on any atom is 0.263 e. The molecule has 0 saturated carbocycles. The minimum absolute atomic E-state index is 0.357. The van der Waals surface area contributed by atoms with Crippen LogP contribution in [0.3, 0.4) is 0 Å². The highest BCUT2D eigenvalue weighted by atomic mass is 32.1. The molecule has 1 aliphatic rings. The van der Waals surface area contributed by atoms with Gasteiger partial charge in [-0.3, -0.25) is 0 Å². The second-order valence-electron chi connectivity index (χ2n) is 7.66. The summed E-state index contributed by atoms with van der Waals surface area (Å²) in [6.07, 6.45) is 8.90. The average molecular weight is 338 g/mol. The van der Waals surface area contributed by atoms with Crippen molar-refractivity contribution in [3.8, 4) is 0 Å². The summed E-state index contributed by atoms with van der Waals surface area (Å²) in [7, 11) is 0. The smallest absolute Gasteiger partial charge is 0.263 e. The van der Waals surface area contributed by atoms with Gasteiger partial charge in [0.05, 0.1) is 11.6 Å². The monoisotopic (exact) mass is 338 g/mol. The Bertz CT molecular complexity index is 984. The van der Waals surface area contributed by atoms with Gasteiger partial charge in [-0.25, -0.2) is 0 Å². The molecule has 124 valence electrons. The van der Waals surface area contributed by atoms with E-state index in [4.69, 9.17) is 4.42 Å². The molecule has 0 unspecified atom stereocenters. The normalized spacial score (nSPS) is 19.3. The zero-order chi connectivity index (χ0) is 16.9. The van der Waals surface area contributed by atoms with Crippen molar-refractivity contribution in [2.45, 2.75) is 47.1 Å². The molecule has 0 radical (unpaired) electrons. The molecule has 0 amide bonds. The van der Waals surface area contributed by atoms with Gasteiger partial charge in [0, 0.05) is 6.08 Å². The molecule has 1 aromatic carbocycles. The standard InChI is InChI=1S/C21H24NOS/c1-5-22-19(11-15-10-14(2)12-21(3,4)13-15)24-18-7-6-17-16(20(18)22)8-9-23-17/h6-11H,5,12-13H2,1-4H3/q+1. The Morgan fingerprint density at radius 1 is 1.25 bits per heavy atom. The molecule has 4 rings (SSSR count). The van der Waals surface area contributed by atoms with Crippen molar-refractivity contribution in [2.24, 2.45) is 5.41 Å². The van der Waals surface area contributed by atoms with Crippen LogP contribution in [0.15, 0.2) is 46.1 Å². The van der Waals surface area contributed by atoms with Crippen LogP contribution in [0.4, 0.5) is 0 Å². The average Bonchev–Trinajstić information content (AvgIpc) is 3.07. The third-order valence-electron chi connectivity index (χ3n) is 4.82. The van der Waals surface area contributed by atoms with Crippen molar-refractivity contribution in [3.63, 3.8) is 0 Å². The first-order valence-corrected chi connectivity index (χ1v) is 9.49. The van der Waals surface area contributed by atoms with Gasteiger partial charge in [-0.2, -0.15) is 4.57 Å². The molecule has 3 heteroatoms. The van der Waals surface area contributed by atoms with E-state index < -0.39 is 0 Å². The van der Waals surface area contributed by atoms with E-state index in [0.29, 0.717) is 5.41 Å². The Kier molecular flexibility index (Phi) is 3.65. The zero-order valence-corrected chi connectivity index (χ0v) is 15.7. The van der Waals surface area contributed by atoms with E-state index in [-0.39, 0.29) is 0 Å². The van der Waals surface area contributed by atoms with Crippen LogP contribution in [0.2, 0.25) is 0 Å². The molecule has 3 aromatic rings. The second kappa shape index (κ2) is 5.59. The number of hydrogen-bond acceptors (Lipinski definition) is 2. The van der Waals surface area contributed by atoms with Crippen molar-refractivity contribution >= 4 is 38.6 Å². The molecule has 2 aromatic heterocycles. The van der Waals surface area contributed by atoms with E-state index in [1.54, 1.807) is 6.26 Å². The van der Waals surface area contributed by atoms with E-state index in [0.717, 1.165) is 18.5 Å². The summed E-state index contributed by atoms with van der Waals surface area (Å²) >= 11 is 1.88. The summed E-state index contributed by atoms with van der Waals surface area (Å²) in [6.45, 7) is 10.2. The lowest BCUT2D eigenvalue weighted by atomic mass is 9.75. The zero-order valence-electron chi connectivity index (χ0n) is 14.8. The predicted molar refractivity (Wildman–Crippen MR) is 102 cm³/mol. The van der Waals surface area contributed by atoms with Gasteiger partial charge in [0.2, 0.25) is 5.52 Å². The summed E-state index contributed by atoms with van der Waals surface area (Å²) in [4.78, 5) is 0. The first-order valence-electron chi connectivity index (χ1n) is 8.67. The summed E-state index contributed by atoms with van der Waals surface area (Å²) < 4.78 is 9.35. The van der Waals surface area contributed by atoms with Crippen LogP contribution < -0.4 is 4.57 Å². The maximum atomic E-state index is 5.59. The lowest BCUT2D eigenvalue weighted by Gasteiger charge is -2.29. The quantitative estimate of drug-likeness (QED) is 0.516. The molecule has 2 nitrogen and oxygen atoms in total. The first-order chi connectivity index (χ1) is 11.5. The Balaban J connectivity index is 1.91. The SMILES string of the molecule is CC[n+]1c(C=C2C=C(C)CC(C)(C)C2)sc2ccc3occc3c21. The Morgan fingerprint density at radius 2 is 2.08 bits per heavy atom. The number of allylic oxidation sites excluding steroid dienone is 3. The maximum absolute atomic E-state index is 5.59. The summed E-state index contributed by atoms with van der Waals surface area (Å²) in [6, 6.07) is 6.35. The number of aryl methyl sites for hydroxylation is 1. The van der Waals surface area contributed by atoms with Crippen molar-refractivity contribution in [1.29, 1.82) is 0 Å². The molecule has 0 atom stereocenters. The van der Waals surface area contributed by atoms with Crippen molar-refractivity contribution in [2.75, 3.05) is 0 Å². The van der Waals surface area contributed by atoms with E-state index in [1.807, 2.05) is 11.3 Å². The molecular weight excluding hydrogens is 314 g/mol. The Hall–Kier alpha value is -1.87. The summed E-state index contributed by atoms with van der Waals surface area (Å²) in [5, 5.41) is 2.55. The lowest BCUT2D eigenvalue weighted by molar-refractivity contribution is -0.664. The highest BCUT2D eigenvalue weighted by Crippen LogP contribution is 2.39. The molecule has 0 N–H and O–H groups in total. The molecular formula is C21H24NOS+. The number of thiazole rings is 1. The van der Waals surface area contributed by atoms with Crippen molar-refractivity contribution in [3.05, 3.63) is 46.7 Å². The van der Waals surface area contributed by atoms with Crippen LogP contribution >= 0.6 is 11.3 Å². The number of furan rings is 1. The number of nitrogens with zero attached hydrogens (tertiary/aromatic N) is 1. The van der Waals surface area contributed by atoms with E-state index >= 15 is 0 Å². The fourth-order valence-corrected chi connectivity index (χ4v) is 5.33. The van der Waals surface area contributed by atoms with E-state index in [1.165, 1.54) is 38.2 Å². The number of rotatable bonds is 2. The number of fused-ring (bicyclic) bond motifs is 3. The molecule has 1 aliphatic carbocycles. The predicted octanol–water partition coefficient (Wildman–Crippen LogP) is 6.10. The van der Waals surface area contributed by atoms with Crippen molar-refractivity contribution in [1.82, 2.24) is 0 Å². The van der Waals surface area contributed by atoms with Crippen LogP contribution in [0.5, 0.6) is 0 Å². The van der Waals surface area contributed by atoms with Gasteiger partial charge in [-0.05, 0) is 55.9 Å². The van der Waals surface area contributed by atoms with Crippen LogP contribution in [0.1, 0.15) is 45.5 Å². The molecule has 24 heavy (non-hydrogen) atoms. The van der Waals surface area contributed by atoms with Gasteiger partial charge in [0.25, 0.3) is 5.01 Å². The molecule has 0 aliphatic heterocycles. The Morgan fingerprint density at radius 3 is 2.83 bits per heavy atom. The summed E-state index contributed by atoms with van der Waals surface area (Å²) in [5.74, 6) is 0. The Labute approximate surface area is 147 Å². The van der Waals surface area contributed by atoms with E-state index in [9.17, 15) is 0 Å². The third-order valence-corrected chi connectivity index (χ3v) is 5.91. The minimum Gasteiger partial charge on any atom is -0.464 e. The van der Waals surface area contributed by atoms with Gasteiger partial charge in [0.15, 0.2) is 0 Å². The number of aromatic nitrogens is 1. The van der Waals surface area contributed by atoms with Crippen LogP contribution in [-0.2, 0) is 6.54 Å². The van der Waals surface area contributed by atoms with Gasteiger partial charge in [-0.15, -0.1) is 0 Å². The van der Waals surface area contributed by atoms with Crippen LogP contribution in [0, 0.1) is 5.41 Å². The molecule has 0 saturated heterocycles. The van der Waals surface area contributed by atoms with E-state index in [2.05, 4.69) is 62.6 Å². The molecule has 0 bridgehead atoms. The van der Waals surface area contributed by atoms with Crippen LogP contribution in [-0.4, -0.2) is 0 Å². The van der Waals surface area contributed by atoms with Gasteiger partial charge in [-0.1, -0.05) is 36.8 Å².